The van der Waals surface area contributed by atoms with E-state index in [1.807, 2.05) is 38.1 Å². The van der Waals surface area contributed by atoms with Crippen molar-refractivity contribution in [1.29, 1.82) is 0 Å². The van der Waals surface area contributed by atoms with Gasteiger partial charge in [-0.05, 0) is 38.3 Å². The number of hydrogen-bond acceptors (Lipinski definition) is 5. The number of nitrogens with zero attached hydrogens (tertiary/aromatic N) is 3. The van der Waals surface area contributed by atoms with E-state index in [9.17, 15) is 9.59 Å². The minimum atomic E-state index is -0.487. The van der Waals surface area contributed by atoms with Gasteiger partial charge in [0.2, 0.25) is 11.0 Å². The number of urea groups is 1. The van der Waals surface area contributed by atoms with Crippen molar-refractivity contribution in [2.45, 2.75) is 39.2 Å². The maximum atomic E-state index is 12.5. The van der Waals surface area contributed by atoms with Crippen LogP contribution in [-0.2, 0) is 11.2 Å². The first-order valence-corrected chi connectivity index (χ1v) is 9.16. The zero-order valence-corrected chi connectivity index (χ0v) is 15.1. The van der Waals surface area contributed by atoms with E-state index < -0.39 is 6.04 Å². The Morgan fingerprint density at radius 3 is 2.68 bits per heavy atom. The molecule has 7 nitrogen and oxygen atoms in total. The predicted molar refractivity (Wildman–Crippen MR) is 97.8 cm³/mol. The van der Waals surface area contributed by atoms with Crippen LogP contribution in [0, 0.1) is 6.92 Å². The fourth-order valence-corrected chi connectivity index (χ4v) is 3.43. The fourth-order valence-electron chi connectivity index (χ4n) is 2.75. The molecular weight excluding hydrogens is 338 g/mol. The summed E-state index contributed by atoms with van der Waals surface area (Å²) in [5.74, 6) is -0.213. The topological polar surface area (TPSA) is 87.2 Å². The average molecular weight is 359 g/mol. The van der Waals surface area contributed by atoms with E-state index in [1.54, 1.807) is 4.90 Å². The Bertz CT molecular complexity index is 759. The zero-order valence-electron chi connectivity index (χ0n) is 14.3. The number of carbonyl (C=O) groups excluding carboxylic acids is 2. The van der Waals surface area contributed by atoms with E-state index in [0.717, 1.165) is 29.1 Å². The Labute approximate surface area is 150 Å². The molecule has 132 valence electrons. The van der Waals surface area contributed by atoms with Gasteiger partial charge >= 0.3 is 6.03 Å². The van der Waals surface area contributed by atoms with Gasteiger partial charge in [-0.15, -0.1) is 10.2 Å². The summed E-state index contributed by atoms with van der Waals surface area (Å²) in [5, 5.41) is 14.9. The molecule has 8 heteroatoms. The minimum Gasteiger partial charge on any atom is -0.312 e. The molecule has 0 aliphatic carbocycles. The van der Waals surface area contributed by atoms with Crippen molar-refractivity contribution < 1.29 is 9.59 Å². The first-order valence-electron chi connectivity index (χ1n) is 8.34. The van der Waals surface area contributed by atoms with Crippen LogP contribution in [0.1, 0.15) is 30.3 Å². The summed E-state index contributed by atoms with van der Waals surface area (Å²) in [7, 11) is 0. The molecule has 2 heterocycles. The molecule has 1 aromatic heterocycles. The lowest BCUT2D eigenvalue weighted by Gasteiger charge is -2.23. The van der Waals surface area contributed by atoms with E-state index in [1.165, 1.54) is 11.3 Å². The fraction of sp³-hybridized carbons (Fsp3) is 0.412. The molecule has 1 aromatic carbocycles. The van der Waals surface area contributed by atoms with E-state index >= 15 is 0 Å². The number of amides is 3. The number of aromatic nitrogens is 2. The van der Waals surface area contributed by atoms with Gasteiger partial charge < -0.3 is 10.2 Å². The summed E-state index contributed by atoms with van der Waals surface area (Å²) in [6, 6.07) is 6.83. The van der Waals surface area contributed by atoms with Gasteiger partial charge in [-0.25, -0.2) is 4.79 Å². The number of hydrogen-bond donors (Lipinski definition) is 2. The van der Waals surface area contributed by atoms with Gasteiger partial charge in [0.25, 0.3) is 0 Å². The second-order valence-corrected chi connectivity index (χ2v) is 7.05. The Morgan fingerprint density at radius 2 is 2.00 bits per heavy atom. The lowest BCUT2D eigenvalue weighted by molar-refractivity contribution is -0.119. The molecule has 1 aliphatic heterocycles. The van der Waals surface area contributed by atoms with Crippen molar-refractivity contribution in [3.05, 3.63) is 34.8 Å². The summed E-state index contributed by atoms with van der Waals surface area (Å²) in [6.45, 7) is 4.54. The van der Waals surface area contributed by atoms with Gasteiger partial charge in [0.1, 0.15) is 11.0 Å². The largest absolute Gasteiger partial charge is 0.322 e. The van der Waals surface area contributed by atoms with Gasteiger partial charge in [-0.3, -0.25) is 10.1 Å². The highest BCUT2D eigenvalue weighted by Gasteiger charge is 2.34. The normalized spacial score (nSPS) is 16.7. The van der Waals surface area contributed by atoms with Crippen LogP contribution in [0.5, 0.6) is 0 Å². The molecule has 3 rings (SSSR count). The summed E-state index contributed by atoms with van der Waals surface area (Å²) >= 11 is 1.36. The number of nitrogens with one attached hydrogen (secondary N) is 2. The lowest BCUT2D eigenvalue weighted by atomic mass is 10.2. The van der Waals surface area contributed by atoms with Crippen LogP contribution in [0.3, 0.4) is 0 Å². The summed E-state index contributed by atoms with van der Waals surface area (Å²) < 4.78 is 0. The molecule has 0 radical (unpaired) electrons. The molecule has 1 fully saturated rings. The van der Waals surface area contributed by atoms with Crippen molar-refractivity contribution in [2.75, 3.05) is 17.2 Å². The Balaban J connectivity index is 1.63. The molecule has 0 spiro atoms. The number of anilines is 2. The molecule has 1 aliphatic rings. The van der Waals surface area contributed by atoms with Gasteiger partial charge in [0.15, 0.2) is 0 Å². The quantitative estimate of drug-likeness (QED) is 0.878. The molecule has 0 saturated carbocycles. The molecule has 0 bridgehead atoms. The Kier molecular flexibility index (Phi) is 5.28. The molecule has 1 atom stereocenters. The summed E-state index contributed by atoms with van der Waals surface area (Å²) in [4.78, 5) is 26.6. The monoisotopic (exact) mass is 359 g/mol. The molecule has 0 unspecified atom stereocenters. The van der Waals surface area contributed by atoms with Crippen LogP contribution >= 0.6 is 11.3 Å². The SMILES string of the molecule is CCc1nnc(NC(=O)[C@@H]2CCCN2C(=O)Nc2ccc(C)cc2)s1. The number of benzene rings is 1. The van der Waals surface area contributed by atoms with Crippen LogP contribution in [0.15, 0.2) is 24.3 Å². The van der Waals surface area contributed by atoms with E-state index in [0.29, 0.717) is 18.1 Å². The van der Waals surface area contributed by atoms with Gasteiger partial charge in [0, 0.05) is 12.2 Å². The molecule has 25 heavy (non-hydrogen) atoms. The third-order valence-corrected chi connectivity index (χ3v) is 5.10. The highest BCUT2D eigenvalue weighted by molar-refractivity contribution is 7.15. The van der Waals surface area contributed by atoms with Crippen molar-refractivity contribution in [3.63, 3.8) is 0 Å². The molecule has 1 saturated heterocycles. The van der Waals surface area contributed by atoms with Crippen LogP contribution in [0.4, 0.5) is 15.6 Å². The predicted octanol–water partition coefficient (Wildman–Crippen LogP) is 3.04. The highest BCUT2D eigenvalue weighted by Crippen LogP contribution is 2.22. The average Bonchev–Trinajstić information content (AvgIpc) is 3.25. The van der Waals surface area contributed by atoms with Crippen molar-refractivity contribution >= 4 is 34.1 Å². The minimum absolute atomic E-state index is 0.213. The smallest absolute Gasteiger partial charge is 0.312 e. The second-order valence-electron chi connectivity index (χ2n) is 5.99. The van der Waals surface area contributed by atoms with Crippen molar-refractivity contribution in [2.24, 2.45) is 0 Å². The Morgan fingerprint density at radius 1 is 1.24 bits per heavy atom. The van der Waals surface area contributed by atoms with Gasteiger partial charge in [-0.2, -0.15) is 0 Å². The zero-order chi connectivity index (χ0) is 17.8. The van der Waals surface area contributed by atoms with Gasteiger partial charge in [-0.1, -0.05) is 36.0 Å². The van der Waals surface area contributed by atoms with E-state index in [-0.39, 0.29) is 11.9 Å². The molecule has 3 amide bonds. The third kappa shape index (κ3) is 4.14. The summed E-state index contributed by atoms with van der Waals surface area (Å²) in [6.07, 6.45) is 2.23. The highest BCUT2D eigenvalue weighted by atomic mass is 32.1. The Hall–Kier alpha value is -2.48. The second kappa shape index (κ2) is 7.60. The van der Waals surface area contributed by atoms with Crippen molar-refractivity contribution in [1.82, 2.24) is 15.1 Å². The van der Waals surface area contributed by atoms with Crippen LogP contribution in [-0.4, -0.2) is 39.6 Å². The van der Waals surface area contributed by atoms with Crippen LogP contribution < -0.4 is 10.6 Å². The molecular formula is C17H21N5O2S. The standard InChI is InChI=1S/C17H21N5O2S/c1-3-14-20-21-16(25-14)19-15(23)13-5-4-10-22(13)17(24)18-12-8-6-11(2)7-9-12/h6-9,13H,3-5,10H2,1-2H3,(H,18,24)(H,19,21,23)/t13-/m0/s1. The summed E-state index contributed by atoms with van der Waals surface area (Å²) in [5.41, 5.74) is 1.85. The lowest BCUT2D eigenvalue weighted by Crippen LogP contribution is -2.45. The molecule has 2 N–H and O–H groups in total. The van der Waals surface area contributed by atoms with Crippen molar-refractivity contribution in [3.8, 4) is 0 Å². The van der Waals surface area contributed by atoms with Crippen LogP contribution in [0.2, 0.25) is 0 Å². The molecule has 2 aromatic rings. The maximum absolute atomic E-state index is 12.5. The maximum Gasteiger partial charge on any atom is 0.322 e. The van der Waals surface area contributed by atoms with E-state index in [2.05, 4.69) is 20.8 Å². The number of rotatable bonds is 4. The number of aryl methyl sites for hydroxylation is 2. The van der Waals surface area contributed by atoms with Gasteiger partial charge in [0.05, 0.1) is 0 Å². The first-order chi connectivity index (χ1) is 12.1. The number of carbonyl (C=O) groups is 2. The van der Waals surface area contributed by atoms with Crippen LogP contribution in [0.25, 0.3) is 0 Å². The third-order valence-electron chi connectivity index (χ3n) is 4.12. The first kappa shape index (κ1) is 17.3. The van der Waals surface area contributed by atoms with E-state index in [4.69, 9.17) is 0 Å². The number of likely N-dealkylation sites (tertiary alicyclic amines) is 1.